The maximum Gasteiger partial charge on any atom is 0.227 e. The van der Waals surface area contributed by atoms with Crippen molar-refractivity contribution in [2.24, 2.45) is 0 Å². The number of carbonyl (C=O) groups excluding carboxylic acids is 1. The van der Waals surface area contributed by atoms with Gasteiger partial charge in [-0.2, -0.15) is 0 Å². The van der Waals surface area contributed by atoms with Crippen LogP contribution >= 0.6 is 0 Å². The maximum absolute atomic E-state index is 12.9. The third-order valence-electron chi connectivity index (χ3n) is 7.72. The highest BCUT2D eigenvalue weighted by Gasteiger charge is 2.36. The predicted molar refractivity (Wildman–Crippen MR) is 129 cm³/mol. The summed E-state index contributed by atoms with van der Waals surface area (Å²) in [6, 6.07) is 27.1. The summed E-state index contributed by atoms with van der Waals surface area (Å²) in [6.45, 7) is 2.04. The van der Waals surface area contributed by atoms with Crippen molar-refractivity contribution in [3.8, 4) is 0 Å². The molecular formula is C29H30N2O. The minimum atomic E-state index is 0.298. The van der Waals surface area contributed by atoms with Gasteiger partial charge in [0.15, 0.2) is 0 Å². The smallest absolute Gasteiger partial charge is 0.227 e. The minimum Gasteiger partial charge on any atom is -0.309 e. The van der Waals surface area contributed by atoms with E-state index in [1.165, 1.54) is 27.8 Å². The van der Waals surface area contributed by atoms with Crippen LogP contribution in [0.5, 0.6) is 0 Å². The van der Waals surface area contributed by atoms with Crippen molar-refractivity contribution in [1.29, 1.82) is 0 Å². The molecule has 0 bridgehead atoms. The summed E-state index contributed by atoms with van der Waals surface area (Å²) in [5, 5.41) is 0. The summed E-state index contributed by atoms with van der Waals surface area (Å²) in [7, 11) is 0. The van der Waals surface area contributed by atoms with Crippen molar-refractivity contribution in [3.63, 3.8) is 0 Å². The molecule has 3 aliphatic rings. The second-order valence-corrected chi connectivity index (χ2v) is 9.46. The highest BCUT2D eigenvalue weighted by molar-refractivity contribution is 5.97. The number of likely N-dealkylation sites (tertiary alicyclic amines) is 1. The second kappa shape index (κ2) is 8.22. The van der Waals surface area contributed by atoms with Crippen molar-refractivity contribution < 1.29 is 4.79 Å². The third-order valence-corrected chi connectivity index (χ3v) is 7.72. The van der Waals surface area contributed by atoms with Gasteiger partial charge in [0, 0.05) is 31.2 Å². The van der Waals surface area contributed by atoms with E-state index in [9.17, 15) is 4.79 Å². The van der Waals surface area contributed by atoms with E-state index in [1.807, 2.05) is 0 Å². The van der Waals surface area contributed by atoms with Crippen LogP contribution in [0.4, 0.5) is 5.69 Å². The van der Waals surface area contributed by atoms with Crippen LogP contribution in [-0.2, 0) is 24.1 Å². The van der Waals surface area contributed by atoms with Gasteiger partial charge in [0.05, 0.1) is 6.04 Å². The summed E-state index contributed by atoms with van der Waals surface area (Å²) < 4.78 is 0. The molecule has 1 aliphatic carbocycles. The molecule has 0 unspecified atom stereocenters. The maximum atomic E-state index is 12.9. The van der Waals surface area contributed by atoms with Gasteiger partial charge in [0.2, 0.25) is 5.91 Å². The lowest BCUT2D eigenvalue weighted by Crippen LogP contribution is -2.50. The number of hydrogen-bond donors (Lipinski definition) is 0. The molecule has 32 heavy (non-hydrogen) atoms. The van der Waals surface area contributed by atoms with Gasteiger partial charge >= 0.3 is 0 Å². The molecule has 2 aliphatic heterocycles. The number of nitrogens with zero attached hydrogens (tertiary/aromatic N) is 2. The number of hydrogen-bond acceptors (Lipinski definition) is 2. The normalized spacial score (nSPS) is 19.8. The molecule has 0 atom stereocenters. The number of anilines is 1. The molecule has 0 N–H and O–H groups in total. The first-order valence-electron chi connectivity index (χ1n) is 12.1. The van der Waals surface area contributed by atoms with E-state index in [0.717, 1.165) is 50.9 Å². The predicted octanol–water partition coefficient (Wildman–Crippen LogP) is 5.32. The highest BCUT2D eigenvalue weighted by Crippen LogP contribution is 2.39. The first kappa shape index (κ1) is 19.8. The Bertz CT molecular complexity index is 1100. The quantitative estimate of drug-likeness (QED) is 0.558. The fourth-order valence-corrected chi connectivity index (χ4v) is 6.14. The number of carbonyl (C=O) groups is 1. The SMILES string of the molecule is O=C1CCc2ccccc2N1C1CCN(C2c3ccccc3CCc3ccccc32)CC1. The molecule has 0 spiro atoms. The lowest BCUT2D eigenvalue weighted by Gasteiger charge is -2.43. The van der Waals surface area contributed by atoms with E-state index >= 15 is 0 Å². The molecule has 3 nitrogen and oxygen atoms in total. The monoisotopic (exact) mass is 422 g/mol. The molecule has 3 aromatic rings. The first-order valence-corrected chi connectivity index (χ1v) is 12.1. The number of rotatable bonds is 2. The van der Waals surface area contributed by atoms with E-state index in [1.54, 1.807) is 0 Å². The fraction of sp³-hybridized carbons (Fsp3) is 0.345. The van der Waals surface area contributed by atoms with Crippen LogP contribution in [-0.4, -0.2) is 29.9 Å². The van der Waals surface area contributed by atoms with Crippen LogP contribution in [0.2, 0.25) is 0 Å². The Morgan fingerprint density at radius 2 is 1.16 bits per heavy atom. The summed E-state index contributed by atoms with van der Waals surface area (Å²) in [5.74, 6) is 0.298. The van der Waals surface area contributed by atoms with Crippen molar-refractivity contribution in [2.45, 2.75) is 50.6 Å². The Balaban J connectivity index is 1.29. The second-order valence-electron chi connectivity index (χ2n) is 9.46. The number of aryl methyl sites for hydroxylation is 3. The van der Waals surface area contributed by atoms with Crippen molar-refractivity contribution in [1.82, 2.24) is 4.90 Å². The van der Waals surface area contributed by atoms with Crippen LogP contribution in [0, 0.1) is 0 Å². The molecule has 2 heterocycles. The fourth-order valence-electron chi connectivity index (χ4n) is 6.14. The van der Waals surface area contributed by atoms with E-state index in [-0.39, 0.29) is 0 Å². The summed E-state index contributed by atoms with van der Waals surface area (Å²) in [6.07, 6.45) is 5.79. The van der Waals surface area contributed by atoms with Gasteiger partial charge in [-0.25, -0.2) is 0 Å². The zero-order valence-corrected chi connectivity index (χ0v) is 18.5. The molecule has 6 rings (SSSR count). The van der Waals surface area contributed by atoms with E-state index in [0.29, 0.717) is 24.4 Å². The van der Waals surface area contributed by atoms with Gasteiger partial charge in [-0.3, -0.25) is 9.69 Å². The van der Waals surface area contributed by atoms with Crippen LogP contribution < -0.4 is 4.90 Å². The Labute approximate surface area is 190 Å². The number of piperidine rings is 1. The molecule has 0 radical (unpaired) electrons. The number of amides is 1. The Morgan fingerprint density at radius 1 is 0.625 bits per heavy atom. The van der Waals surface area contributed by atoms with Crippen LogP contribution in [0.15, 0.2) is 72.8 Å². The third kappa shape index (κ3) is 3.36. The van der Waals surface area contributed by atoms with Gasteiger partial charge in [-0.1, -0.05) is 66.7 Å². The van der Waals surface area contributed by atoms with Crippen LogP contribution in [0.25, 0.3) is 0 Å². The van der Waals surface area contributed by atoms with Gasteiger partial charge in [0.1, 0.15) is 0 Å². The van der Waals surface area contributed by atoms with Gasteiger partial charge in [0.25, 0.3) is 0 Å². The lowest BCUT2D eigenvalue weighted by molar-refractivity contribution is -0.119. The molecule has 1 fully saturated rings. The molecule has 0 aromatic heterocycles. The summed E-state index contributed by atoms with van der Waals surface area (Å²) in [4.78, 5) is 17.7. The lowest BCUT2D eigenvalue weighted by atomic mass is 9.90. The van der Waals surface area contributed by atoms with Crippen LogP contribution in [0.1, 0.15) is 53.1 Å². The largest absolute Gasteiger partial charge is 0.309 e. The van der Waals surface area contributed by atoms with Crippen molar-refractivity contribution >= 4 is 11.6 Å². The van der Waals surface area contributed by atoms with Crippen LogP contribution in [0.3, 0.4) is 0 Å². The Hall–Kier alpha value is -2.91. The van der Waals surface area contributed by atoms with Crippen molar-refractivity contribution in [3.05, 3.63) is 101 Å². The Morgan fingerprint density at radius 3 is 1.81 bits per heavy atom. The van der Waals surface area contributed by atoms with Crippen molar-refractivity contribution in [2.75, 3.05) is 18.0 Å². The first-order chi connectivity index (χ1) is 15.8. The van der Waals surface area contributed by atoms with E-state index < -0.39 is 0 Å². The molecule has 162 valence electrons. The summed E-state index contributed by atoms with van der Waals surface area (Å²) in [5.41, 5.74) is 8.37. The molecule has 3 aromatic carbocycles. The number of fused-ring (bicyclic) bond motifs is 3. The van der Waals surface area contributed by atoms with Gasteiger partial charge < -0.3 is 4.90 Å². The zero-order chi connectivity index (χ0) is 21.5. The number of benzene rings is 3. The molecule has 1 amide bonds. The average molecular weight is 423 g/mol. The van der Waals surface area contributed by atoms with Gasteiger partial charge in [-0.05, 0) is 66.0 Å². The zero-order valence-electron chi connectivity index (χ0n) is 18.5. The van der Waals surface area contributed by atoms with Gasteiger partial charge in [-0.15, -0.1) is 0 Å². The standard InChI is InChI=1S/C29H30N2O/c32-28-16-15-23-9-3-6-12-27(23)31(28)24-17-19-30(20-18-24)29-25-10-4-1-7-21(25)13-14-22-8-2-5-11-26(22)29/h1-12,24,29H,13-20H2. The van der Waals surface area contributed by atoms with E-state index in [2.05, 4.69) is 82.6 Å². The topological polar surface area (TPSA) is 23.6 Å². The molecule has 0 saturated carbocycles. The summed E-state index contributed by atoms with van der Waals surface area (Å²) >= 11 is 0. The molecule has 1 saturated heterocycles. The average Bonchev–Trinajstić information content (AvgIpc) is 3.01. The Kier molecular flexibility index (Phi) is 5.07. The minimum absolute atomic E-state index is 0.298. The van der Waals surface area contributed by atoms with E-state index in [4.69, 9.17) is 0 Å². The molecular weight excluding hydrogens is 392 g/mol. The molecule has 3 heteroatoms. The number of para-hydroxylation sites is 1. The highest BCUT2D eigenvalue weighted by atomic mass is 16.2.